The van der Waals surface area contributed by atoms with Crippen molar-refractivity contribution < 1.29 is 19.0 Å². The first-order chi connectivity index (χ1) is 14.5. The molecule has 0 aromatic heterocycles. The van der Waals surface area contributed by atoms with Crippen molar-refractivity contribution in [2.45, 2.75) is 0 Å². The van der Waals surface area contributed by atoms with Crippen molar-refractivity contribution in [1.29, 1.82) is 5.26 Å². The quantitative estimate of drug-likeness (QED) is 0.224. The van der Waals surface area contributed by atoms with E-state index in [-0.39, 0.29) is 5.75 Å². The number of hydrogen-bond acceptors (Lipinski definition) is 5. The van der Waals surface area contributed by atoms with Gasteiger partial charge < -0.3 is 14.2 Å². The summed E-state index contributed by atoms with van der Waals surface area (Å²) in [5, 5.41) is 10.1. The van der Waals surface area contributed by atoms with Crippen LogP contribution in [0.1, 0.15) is 21.5 Å². The second-order valence-electron chi connectivity index (χ2n) is 6.18. The topological polar surface area (TPSA) is 68.5 Å². The Labute approximate surface area is 179 Å². The highest BCUT2D eigenvalue weighted by Crippen LogP contribution is 2.31. The minimum atomic E-state index is -0.564. The molecule has 0 N–H and O–H groups in total. The van der Waals surface area contributed by atoms with Gasteiger partial charge in [0.2, 0.25) is 0 Å². The molecular formula is C24H18ClNO4. The van der Waals surface area contributed by atoms with Gasteiger partial charge in [-0.3, -0.25) is 0 Å². The van der Waals surface area contributed by atoms with Crippen LogP contribution in [0.15, 0.2) is 66.7 Å². The number of para-hydroxylation sites is 1. The largest absolute Gasteiger partial charge is 0.496 e. The third kappa shape index (κ3) is 4.80. The molecule has 6 heteroatoms. The highest BCUT2D eigenvalue weighted by molar-refractivity contribution is 6.30. The van der Waals surface area contributed by atoms with Crippen molar-refractivity contribution in [3.05, 3.63) is 88.4 Å². The van der Waals surface area contributed by atoms with Crippen LogP contribution in [0.4, 0.5) is 0 Å². The number of carbonyl (C=O) groups is 1. The second-order valence-corrected chi connectivity index (χ2v) is 6.62. The molecule has 0 fully saturated rings. The lowest BCUT2D eigenvalue weighted by Crippen LogP contribution is -2.10. The molecule has 5 nitrogen and oxygen atoms in total. The molecule has 0 saturated heterocycles. The normalized spacial score (nSPS) is 10.8. The van der Waals surface area contributed by atoms with Gasteiger partial charge in [-0.1, -0.05) is 41.9 Å². The lowest BCUT2D eigenvalue weighted by atomic mass is 10.0. The number of carbonyl (C=O) groups excluding carboxylic acids is 1. The fourth-order valence-corrected chi connectivity index (χ4v) is 3.02. The molecule has 0 saturated carbocycles. The summed E-state index contributed by atoms with van der Waals surface area (Å²) >= 11 is 6.02. The molecule has 0 aliphatic heterocycles. The minimum Gasteiger partial charge on any atom is -0.496 e. The van der Waals surface area contributed by atoms with E-state index in [1.807, 2.05) is 6.07 Å². The van der Waals surface area contributed by atoms with Crippen LogP contribution in [0.2, 0.25) is 5.02 Å². The van der Waals surface area contributed by atoms with Gasteiger partial charge in [-0.25, -0.2) is 4.79 Å². The molecule has 3 aromatic rings. The average molecular weight is 420 g/mol. The third-order valence-electron chi connectivity index (χ3n) is 4.28. The Balaban J connectivity index is 1.89. The zero-order valence-electron chi connectivity index (χ0n) is 16.4. The number of ether oxygens (including phenoxy) is 3. The summed E-state index contributed by atoms with van der Waals surface area (Å²) in [6.45, 7) is 0. The molecule has 0 aliphatic rings. The van der Waals surface area contributed by atoms with Gasteiger partial charge in [-0.05, 0) is 53.6 Å². The maximum Gasteiger partial charge on any atom is 0.347 e. The van der Waals surface area contributed by atoms with E-state index in [9.17, 15) is 10.1 Å². The van der Waals surface area contributed by atoms with Crippen molar-refractivity contribution in [3.8, 4) is 23.3 Å². The zero-order chi connectivity index (χ0) is 21.5. The number of rotatable bonds is 6. The molecule has 0 unspecified atom stereocenters. The fraction of sp³-hybridized carbons (Fsp3) is 0.0833. The van der Waals surface area contributed by atoms with Gasteiger partial charge in [0.25, 0.3) is 0 Å². The van der Waals surface area contributed by atoms with E-state index in [1.165, 1.54) is 14.2 Å². The summed E-state index contributed by atoms with van der Waals surface area (Å²) in [4.78, 5) is 12.6. The van der Waals surface area contributed by atoms with E-state index >= 15 is 0 Å². The maximum atomic E-state index is 12.6. The maximum absolute atomic E-state index is 12.6. The molecule has 150 valence electrons. The van der Waals surface area contributed by atoms with E-state index in [0.29, 0.717) is 38.8 Å². The smallest absolute Gasteiger partial charge is 0.347 e. The number of methoxy groups -OCH3 is 2. The Morgan fingerprint density at radius 2 is 1.70 bits per heavy atom. The Bertz CT molecular complexity index is 1150. The van der Waals surface area contributed by atoms with Gasteiger partial charge in [0.15, 0.2) is 11.5 Å². The standard InChI is InChI=1S/C24H18ClNO4/c1-28-21-9-4-3-8-20(21)24(27)30-22-11-10-16(13-23(22)29-2)12-18(15-26)17-6-5-7-19(25)14-17/h3-14H,1-2H3/b18-12-. The van der Waals surface area contributed by atoms with E-state index < -0.39 is 5.97 Å². The van der Waals surface area contributed by atoms with E-state index in [2.05, 4.69) is 6.07 Å². The molecular weight excluding hydrogens is 402 g/mol. The van der Waals surface area contributed by atoms with Crippen molar-refractivity contribution >= 4 is 29.2 Å². The van der Waals surface area contributed by atoms with Crippen LogP contribution in [0.3, 0.4) is 0 Å². The summed E-state index contributed by atoms with van der Waals surface area (Å²) in [5.74, 6) is 0.467. The summed E-state index contributed by atoms with van der Waals surface area (Å²) in [6, 6.07) is 21.1. The molecule has 0 bridgehead atoms. The van der Waals surface area contributed by atoms with Crippen LogP contribution >= 0.6 is 11.6 Å². The van der Waals surface area contributed by atoms with E-state index in [0.717, 1.165) is 0 Å². The predicted molar refractivity (Wildman–Crippen MR) is 116 cm³/mol. The first-order valence-electron chi connectivity index (χ1n) is 8.96. The van der Waals surface area contributed by atoms with Gasteiger partial charge in [0.1, 0.15) is 11.3 Å². The number of hydrogen-bond donors (Lipinski definition) is 0. The molecule has 0 amide bonds. The van der Waals surface area contributed by atoms with Gasteiger partial charge >= 0.3 is 5.97 Å². The van der Waals surface area contributed by atoms with Gasteiger partial charge in [0.05, 0.1) is 25.9 Å². The monoisotopic (exact) mass is 419 g/mol. The van der Waals surface area contributed by atoms with Gasteiger partial charge in [0, 0.05) is 5.02 Å². The number of nitriles is 1. The lowest BCUT2D eigenvalue weighted by Gasteiger charge is -2.12. The van der Waals surface area contributed by atoms with E-state index in [4.69, 9.17) is 25.8 Å². The Hall–Kier alpha value is -3.75. The number of halogens is 1. The number of benzene rings is 3. The second kappa shape index (κ2) is 9.64. The fourth-order valence-electron chi connectivity index (χ4n) is 2.83. The molecule has 0 spiro atoms. The van der Waals surface area contributed by atoms with Crippen LogP contribution in [-0.4, -0.2) is 20.2 Å². The van der Waals surface area contributed by atoms with Crippen LogP contribution < -0.4 is 14.2 Å². The summed E-state index contributed by atoms with van der Waals surface area (Å²) < 4.78 is 16.1. The van der Waals surface area contributed by atoms with Crippen LogP contribution in [0, 0.1) is 11.3 Å². The summed E-state index contributed by atoms with van der Waals surface area (Å²) in [5.41, 5.74) is 2.16. The molecule has 0 heterocycles. The Morgan fingerprint density at radius 1 is 0.933 bits per heavy atom. The molecule has 3 aromatic carbocycles. The highest BCUT2D eigenvalue weighted by atomic mass is 35.5. The Kier molecular flexibility index (Phi) is 6.74. The minimum absolute atomic E-state index is 0.256. The van der Waals surface area contributed by atoms with Gasteiger partial charge in [-0.15, -0.1) is 0 Å². The zero-order valence-corrected chi connectivity index (χ0v) is 17.1. The van der Waals surface area contributed by atoms with Crippen molar-refractivity contribution in [2.75, 3.05) is 14.2 Å². The van der Waals surface area contributed by atoms with Crippen LogP contribution in [-0.2, 0) is 0 Å². The molecule has 0 radical (unpaired) electrons. The van der Waals surface area contributed by atoms with E-state index in [1.54, 1.807) is 66.7 Å². The predicted octanol–water partition coefficient (Wildman–Crippen LogP) is 5.64. The molecule has 0 aliphatic carbocycles. The van der Waals surface area contributed by atoms with Crippen molar-refractivity contribution in [2.24, 2.45) is 0 Å². The molecule has 0 atom stereocenters. The van der Waals surface area contributed by atoms with Gasteiger partial charge in [-0.2, -0.15) is 5.26 Å². The van der Waals surface area contributed by atoms with Crippen molar-refractivity contribution in [3.63, 3.8) is 0 Å². The number of esters is 1. The Morgan fingerprint density at radius 3 is 2.40 bits per heavy atom. The van der Waals surface area contributed by atoms with Crippen LogP contribution in [0.25, 0.3) is 11.6 Å². The first-order valence-corrected chi connectivity index (χ1v) is 9.34. The lowest BCUT2D eigenvalue weighted by molar-refractivity contribution is 0.0726. The SMILES string of the molecule is COc1cc(/C=C(/C#N)c2cccc(Cl)c2)ccc1OC(=O)c1ccccc1OC. The van der Waals surface area contributed by atoms with Crippen molar-refractivity contribution in [1.82, 2.24) is 0 Å². The molecule has 3 rings (SSSR count). The summed E-state index contributed by atoms with van der Waals surface area (Å²) in [6.07, 6.45) is 1.71. The first kappa shape index (κ1) is 21.0. The van der Waals surface area contributed by atoms with Crippen LogP contribution in [0.5, 0.6) is 17.2 Å². The number of allylic oxidation sites excluding steroid dienone is 1. The summed E-state index contributed by atoms with van der Waals surface area (Å²) in [7, 11) is 2.96. The third-order valence-corrected chi connectivity index (χ3v) is 4.52. The molecule has 30 heavy (non-hydrogen) atoms. The average Bonchev–Trinajstić information content (AvgIpc) is 2.78. The number of nitrogens with zero attached hydrogens (tertiary/aromatic N) is 1. The highest BCUT2D eigenvalue weighted by Gasteiger charge is 2.16.